The summed E-state index contributed by atoms with van der Waals surface area (Å²) in [6.07, 6.45) is 1.44. The minimum atomic E-state index is -0.814. The van der Waals surface area contributed by atoms with Crippen LogP contribution in [-0.2, 0) is 14.3 Å². The fourth-order valence-electron chi connectivity index (χ4n) is 3.03. The van der Waals surface area contributed by atoms with Crippen LogP contribution in [-0.4, -0.2) is 59.8 Å². The maximum Gasteiger partial charge on any atom is 0.407 e. The van der Waals surface area contributed by atoms with Gasteiger partial charge in [0.05, 0.1) is 19.3 Å². The Hall–Kier alpha value is -2.09. The number of carbonyl (C=O) groups excluding carboxylic acids is 2. The molecule has 1 saturated heterocycles. The van der Waals surface area contributed by atoms with Crippen LogP contribution in [0.1, 0.15) is 37.8 Å². The molecule has 1 aliphatic rings. The minimum Gasteiger partial charge on any atom is -0.453 e. The van der Waals surface area contributed by atoms with Crippen LogP contribution in [0.2, 0.25) is 0 Å². The lowest BCUT2D eigenvalue weighted by atomic mass is 10.1. The Morgan fingerprint density at radius 1 is 1.46 bits per heavy atom. The van der Waals surface area contributed by atoms with Crippen LogP contribution in [0.4, 0.5) is 4.79 Å². The monoisotopic (exact) mass is 338 g/mol. The van der Waals surface area contributed by atoms with Gasteiger partial charge in [-0.3, -0.25) is 4.79 Å². The molecule has 8 nitrogen and oxygen atoms in total. The quantitative estimate of drug-likeness (QED) is 0.845. The van der Waals surface area contributed by atoms with Crippen LogP contribution in [0, 0.1) is 12.8 Å². The molecule has 0 bridgehead atoms. The molecule has 4 atom stereocenters. The van der Waals surface area contributed by atoms with Crippen molar-refractivity contribution in [3.63, 3.8) is 0 Å². The van der Waals surface area contributed by atoms with Gasteiger partial charge in [0, 0.05) is 25.5 Å². The summed E-state index contributed by atoms with van der Waals surface area (Å²) in [4.78, 5) is 34.0. The van der Waals surface area contributed by atoms with E-state index in [0.717, 1.165) is 17.9 Å². The van der Waals surface area contributed by atoms with Gasteiger partial charge in [-0.1, -0.05) is 6.92 Å². The van der Waals surface area contributed by atoms with Crippen molar-refractivity contribution >= 4 is 12.0 Å². The number of rotatable bonds is 5. The molecule has 2 heterocycles. The zero-order valence-electron chi connectivity index (χ0n) is 14.8. The number of methoxy groups -OCH3 is 2. The standard InChI is InChI=1S/C16H26N4O4/c1-9-6-12(14-17-7-10(2)18-14)20(8-9)15(21)13(11(3)23-4)19-16(22)24-5/h7,9,11-13H,6,8H2,1-5H3,(H,17,18)(H,19,22)/t9-,11+,12-,13-/m0/s1. The molecular formula is C16H26N4O4. The summed E-state index contributed by atoms with van der Waals surface area (Å²) in [7, 11) is 2.77. The molecule has 24 heavy (non-hydrogen) atoms. The average molecular weight is 338 g/mol. The van der Waals surface area contributed by atoms with Crippen LogP contribution in [0.25, 0.3) is 0 Å². The van der Waals surface area contributed by atoms with E-state index in [1.807, 2.05) is 6.92 Å². The van der Waals surface area contributed by atoms with Gasteiger partial charge in [0.25, 0.3) is 0 Å². The number of hydrogen-bond acceptors (Lipinski definition) is 5. The maximum atomic E-state index is 13.1. The van der Waals surface area contributed by atoms with Gasteiger partial charge in [0.2, 0.25) is 5.91 Å². The van der Waals surface area contributed by atoms with Crippen molar-refractivity contribution in [3.8, 4) is 0 Å². The lowest BCUT2D eigenvalue weighted by Gasteiger charge is -2.30. The molecule has 0 spiro atoms. The molecule has 2 amide bonds. The van der Waals surface area contributed by atoms with E-state index >= 15 is 0 Å². The number of aromatic nitrogens is 2. The lowest BCUT2D eigenvalue weighted by Crippen LogP contribution is -2.54. The summed E-state index contributed by atoms with van der Waals surface area (Å²) in [5.41, 5.74) is 0.950. The highest BCUT2D eigenvalue weighted by Gasteiger charge is 2.40. The second-order valence-corrected chi connectivity index (χ2v) is 6.35. The van der Waals surface area contributed by atoms with E-state index in [1.54, 1.807) is 18.0 Å². The molecule has 0 unspecified atom stereocenters. The van der Waals surface area contributed by atoms with Crippen molar-refractivity contribution in [2.75, 3.05) is 20.8 Å². The number of likely N-dealkylation sites (tertiary alicyclic amines) is 1. The highest BCUT2D eigenvalue weighted by molar-refractivity contribution is 5.86. The SMILES string of the molecule is COC(=O)N[C@H](C(=O)N1C[C@@H](C)C[C@H]1c1ncc(C)[nH]1)[C@@H](C)OC. The molecular weight excluding hydrogens is 312 g/mol. The molecule has 2 N–H and O–H groups in total. The van der Waals surface area contributed by atoms with Crippen molar-refractivity contribution in [1.29, 1.82) is 0 Å². The normalized spacial score (nSPS) is 23.0. The van der Waals surface area contributed by atoms with Gasteiger partial charge in [-0.2, -0.15) is 0 Å². The topological polar surface area (TPSA) is 96.5 Å². The third-order valence-corrected chi connectivity index (χ3v) is 4.40. The summed E-state index contributed by atoms with van der Waals surface area (Å²) in [6, 6.07) is -0.946. The molecule has 134 valence electrons. The first kappa shape index (κ1) is 18.3. The van der Waals surface area contributed by atoms with Crippen LogP contribution in [0.5, 0.6) is 0 Å². The Kier molecular flexibility index (Phi) is 5.82. The van der Waals surface area contributed by atoms with E-state index in [2.05, 4.69) is 26.9 Å². The number of imidazole rings is 1. The maximum absolute atomic E-state index is 13.1. The zero-order chi connectivity index (χ0) is 17.9. The summed E-state index contributed by atoms with van der Waals surface area (Å²) in [6.45, 7) is 6.37. The zero-order valence-corrected chi connectivity index (χ0v) is 14.8. The largest absolute Gasteiger partial charge is 0.453 e. The predicted octanol–water partition coefficient (Wildman–Crippen LogP) is 1.39. The summed E-state index contributed by atoms with van der Waals surface area (Å²) < 4.78 is 9.90. The number of amides is 2. The minimum absolute atomic E-state index is 0.132. The summed E-state index contributed by atoms with van der Waals surface area (Å²) >= 11 is 0. The fraction of sp³-hybridized carbons (Fsp3) is 0.688. The van der Waals surface area contributed by atoms with E-state index in [4.69, 9.17) is 4.74 Å². The number of hydrogen-bond donors (Lipinski definition) is 2. The van der Waals surface area contributed by atoms with E-state index in [0.29, 0.717) is 12.5 Å². The number of alkyl carbamates (subject to hydrolysis) is 1. The van der Waals surface area contributed by atoms with E-state index in [1.165, 1.54) is 14.2 Å². The third kappa shape index (κ3) is 3.87. The van der Waals surface area contributed by atoms with Gasteiger partial charge in [-0.25, -0.2) is 9.78 Å². The Labute approximate surface area is 141 Å². The van der Waals surface area contributed by atoms with Crippen molar-refractivity contribution in [3.05, 3.63) is 17.7 Å². The molecule has 1 fully saturated rings. The first-order valence-electron chi connectivity index (χ1n) is 8.06. The van der Waals surface area contributed by atoms with Gasteiger partial charge in [0.15, 0.2) is 0 Å². The van der Waals surface area contributed by atoms with E-state index in [9.17, 15) is 9.59 Å². The second-order valence-electron chi connectivity index (χ2n) is 6.35. The van der Waals surface area contributed by atoms with Crippen molar-refractivity contribution in [2.24, 2.45) is 5.92 Å². The number of aromatic amines is 1. The third-order valence-electron chi connectivity index (χ3n) is 4.40. The van der Waals surface area contributed by atoms with E-state index in [-0.39, 0.29) is 11.9 Å². The smallest absolute Gasteiger partial charge is 0.407 e. The molecule has 1 aliphatic heterocycles. The predicted molar refractivity (Wildman–Crippen MR) is 87.4 cm³/mol. The number of aryl methyl sites for hydroxylation is 1. The van der Waals surface area contributed by atoms with Gasteiger partial charge >= 0.3 is 6.09 Å². The molecule has 0 saturated carbocycles. The molecule has 8 heteroatoms. The number of ether oxygens (including phenoxy) is 2. The van der Waals surface area contributed by atoms with Gasteiger partial charge in [-0.05, 0) is 26.2 Å². The number of H-pyrrole nitrogens is 1. The number of nitrogens with zero attached hydrogens (tertiary/aromatic N) is 2. The fourth-order valence-corrected chi connectivity index (χ4v) is 3.03. The van der Waals surface area contributed by atoms with Crippen molar-refractivity contribution in [1.82, 2.24) is 20.2 Å². The molecule has 0 aromatic carbocycles. The Morgan fingerprint density at radius 2 is 2.17 bits per heavy atom. The Bertz CT molecular complexity index is 588. The van der Waals surface area contributed by atoms with Gasteiger partial charge < -0.3 is 24.7 Å². The van der Waals surface area contributed by atoms with Crippen LogP contribution in [0.3, 0.4) is 0 Å². The molecule has 1 aromatic rings. The van der Waals surface area contributed by atoms with Crippen LogP contribution in [0.15, 0.2) is 6.20 Å². The molecule has 1 aromatic heterocycles. The van der Waals surface area contributed by atoms with Crippen LogP contribution >= 0.6 is 0 Å². The lowest BCUT2D eigenvalue weighted by molar-refractivity contribution is -0.137. The van der Waals surface area contributed by atoms with Crippen LogP contribution < -0.4 is 5.32 Å². The Morgan fingerprint density at radius 3 is 2.71 bits per heavy atom. The first-order valence-corrected chi connectivity index (χ1v) is 8.06. The second kappa shape index (κ2) is 7.65. The summed E-state index contributed by atoms with van der Waals surface area (Å²) in [5, 5.41) is 2.58. The van der Waals surface area contributed by atoms with E-state index < -0.39 is 18.2 Å². The average Bonchev–Trinajstić information content (AvgIpc) is 3.16. The van der Waals surface area contributed by atoms with Gasteiger partial charge in [0.1, 0.15) is 11.9 Å². The molecule has 0 aliphatic carbocycles. The molecule has 0 radical (unpaired) electrons. The molecule has 2 rings (SSSR count). The summed E-state index contributed by atoms with van der Waals surface area (Å²) in [5.74, 6) is 0.922. The number of carbonyl (C=O) groups is 2. The number of nitrogens with one attached hydrogen (secondary N) is 2. The van der Waals surface area contributed by atoms with Crippen molar-refractivity contribution < 1.29 is 19.1 Å². The highest BCUT2D eigenvalue weighted by Crippen LogP contribution is 2.34. The highest BCUT2D eigenvalue weighted by atomic mass is 16.5. The van der Waals surface area contributed by atoms with Crippen molar-refractivity contribution in [2.45, 2.75) is 45.4 Å². The van der Waals surface area contributed by atoms with Gasteiger partial charge in [-0.15, -0.1) is 0 Å². The first-order chi connectivity index (χ1) is 11.4. The Balaban J connectivity index is 2.23.